The third-order valence-electron chi connectivity index (χ3n) is 8.03. The smallest absolute Gasteiger partial charge is 0.272 e. The molecule has 0 N–H and O–H groups in total. The molecule has 0 aliphatic carbocycles. The van der Waals surface area contributed by atoms with E-state index in [9.17, 15) is 14.4 Å². The zero-order valence-electron chi connectivity index (χ0n) is 24.2. The van der Waals surface area contributed by atoms with Crippen molar-refractivity contribution in [3.05, 3.63) is 35.3 Å². The van der Waals surface area contributed by atoms with Gasteiger partial charge in [-0.25, -0.2) is 4.98 Å². The van der Waals surface area contributed by atoms with Crippen molar-refractivity contribution >= 4 is 45.4 Å². The van der Waals surface area contributed by atoms with Crippen LogP contribution in [0.4, 0.5) is 0 Å². The van der Waals surface area contributed by atoms with Crippen LogP contribution < -0.4 is 0 Å². The summed E-state index contributed by atoms with van der Waals surface area (Å²) in [4.78, 5) is 58.3. The summed E-state index contributed by atoms with van der Waals surface area (Å²) in [6, 6.07) is 7.33. The minimum Gasteiger partial charge on any atom is -0.334 e. The Labute approximate surface area is 240 Å². The van der Waals surface area contributed by atoms with Gasteiger partial charge in [-0.15, -0.1) is 11.3 Å². The van der Waals surface area contributed by atoms with Crippen LogP contribution in [-0.2, 0) is 19.2 Å². The number of thiazole rings is 1. The molecule has 0 radical (unpaired) electrons. The van der Waals surface area contributed by atoms with E-state index in [4.69, 9.17) is 4.84 Å². The lowest BCUT2D eigenvalue weighted by Crippen LogP contribution is -2.74. The molecule has 1 aromatic heterocycles. The van der Waals surface area contributed by atoms with Gasteiger partial charge in [0.05, 0.1) is 16.8 Å². The number of piperidine rings is 1. The Hall–Kier alpha value is -2.82. The number of nitrogens with zero attached hydrogens (tertiary/aromatic N) is 5. The molecule has 2 aromatic rings. The predicted molar refractivity (Wildman–Crippen MR) is 156 cm³/mol. The third-order valence-corrected chi connectivity index (χ3v) is 9.03. The van der Waals surface area contributed by atoms with E-state index in [0.717, 1.165) is 41.2 Å². The van der Waals surface area contributed by atoms with Crippen molar-refractivity contribution in [2.75, 3.05) is 26.7 Å². The lowest BCUT2D eigenvalue weighted by Gasteiger charge is -2.55. The maximum atomic E-state index is 14.0. The Morgan fingerprint density at radius 1 is 1.07 bits per heavy atom. The zero-order valence-corrected chi connectivity index (χ0v) is 25.0. The van der Waals surface area contributed by atoms with Crippen molar-refractivity contribution in [2.24, 2.45) is 11.8 Å². The normalized spacial score (nSPS) is 25.2. The zero-order chi connectivity index (χ0) is 28.6. The molecule has 3 aliphatic heterocycles. The average molecular weight is 568 g/mol. The second-order valence-corrected chi connectivity index (χ2v) is 13.2. The van der Waals surface area contributed by atoms with E-state index in [-0.39, 0.29) is 42.1 Å². The highest BCUT2D eigenvalue weighted by atomic mass is 32.1. The molecular weight excluding hydrogens is 526 g/mol. The van der Waals surface area contributed by atoms with Gasteiger partial charge in [0, 0.05) is 12.1 Å². The minimum atomic E-state index is -0.812. The first kappa shape index (κ1) is 28.7. The molecule has 0 spiro atoms. The van der Waals surface area contributed by atoms with E-state index >= 15 is 0 Å². The number of aromatic nitrogens is 1. The number of hydroxylamine groups is 2. The molecule has 1 aromatic carbocycles. The Morgan fingerprint density at radius 3 is 2.45 bits per heavy atom. The van der Waals surface area contributed by atoms with Gasteiger partial charge < -0.3 is 14.7 Å². The molecule has 0 bridgehead atoms. The van der Waals surface area contributed by atoms with Gasteiger partial charge >= 0.3 is 0 Å². The first-order valence-electron chi connectivity index (χ1n) is 14.5. The SMILES string of the molecule is CC(C)C[C@H]1ON(C(=O)/C=C/c2nc3ccccc3s2)[C@H]2CN(C3CCN(C)CC3)C(=O)[C@H](CC(C)C)N2C1=O. The molecule has 4 heterocycles. The summed E-state index contributed by atoms with van der Waals surface area (Å²) in [7, 11) is 2.10. The number of fused-ring (bicyclic) bond motifs is 2. The monoisotopic (exact) mass is 567 g/mol. The number of benzene rings is 1. The summed E-state index contributed by atoms with van der Waals surface area (Å²) in [5.74, 6) is -0.165. The Bertz CT molecular complexity index is 1230. The molecular formula is C30H41N5O4S. The molecule has 216 valence electrons. The number of amides is 3. The topological polar surface area (TPSA) is 86.3 Å². The van der Waals surface area contributed by atoms with Crippen molar-refractivity contribution < 1.29 is 19.2 Å². The van der Waals surface area contributed by atoms with Crippen LogP contribution in [0, 0.1) is 11.8 Å². The summed E-state index contributed by atoms with van der Waals surface area (Å²) in [5, 5.41) is 2.09. The molecule has 3 saturated heterocycles. The van der Waals surface area contributed by atoms with E-state index in [2.05, 4.69) is 30.8 Å². The third kappa shape index (κ3) is 5.94. The molecule has 40 heavy (non-hydrogen) atoms. The van der Waals surface area contributed by atoms with Gasteiger partial charge in [0.15, 0.2) is 12.3 Å². The maximum absolute atomic E-state index is 14.0. The number of carbonyl (C=O) groups is 3. The highest BCUT2D eigenvalue weighted by molar-refractivity contribution is 7.19. The van der Waals surface area contributed by atoms with Crippen LogP contribution in [0.5, 0.6) is 0 Å². The van der Waals surface area contributed by atoms with Crippen LogP contribution in [-0.4, -0.2) is 93.5 Å². The number of hydrogen-bond donors (Lipinski definition) is 0. The number of piperazine rings is 1. The van der Waals surface area contributed by atoms with Gasteiger partial charge in [-0.3, -0.25) is 19.2 Å². The second kappa shape index (κ2) is 12.0. The summed E-state index contributed by atoms with van der Waals surface area (Å²) < 4.78 is 1.05. The van der Waals surface area contributed by atoms with Crippen molar-refractivity contribution in [3.63, 3.8) is 0 Å². The number of hydrogen-bond acceptors (Lipinski definition) is 7. The number of para-hydroxylation sites is 1. The summed E-state index contributed by atoms with van der Waals surface area (Å²) in [6.45, 7) is 10.3. The van der Waals surface area contributed by atoms with Crippen LogP contribution in [0.25, 0.3) is 16.3 Å². The van der Waals surface area contributed by atoms with Crippen LogP contribution in [0.3, 0.4) is 0 Å². The van der Waals surface area contributed by atoms with Gasteiger partial charge in [0.1, 0.15) is 11.0 Å². The summed E-state index contributed by atoms with van der Waals surface area (Å²) >= 11 is 1.51. The van der Waals surface area contributed by atoms with E-state index in [0.29, 0.717) is 12.8 Å². The van der Waals surface area contributed by atoms with Crippen molar-refractivity contribution in [2.45, 2.75) is 77.7 Å². The molecule has 3 fully saturated rings. The Kier molecular flexibility index (Phi) is 8.58. The van der Waals surface area contributed by atoms with Gasteiger partial charge in [-0.1, -0.05) is 39.8 Å². The van der Waals surface area contributed by atoms with Gasteiger partial charge in [-0.2, -0.15) is 5.06 Å². The Balaban J connectivity index is 1.47. The predicted octanol–water partition coefficient (Wildman–Crippen LogP) is 4.00. The number of carbonyl (C=O) groups excluding carboxylic acids is 3. The fourth-order valence-corrected chi connectivity index (χ4v) is 6.89. The standard InChI is InChI=1S/C30H41N5O4S/c1-19(2)16-23-29(37)33(21-12-14-32(5)15-13-21)18-27-34(23)30(38)24(17-20(3)4)39-35(27)28(36)11-10-26-31-22-8-6-7-9-25(22)40-26/h6-11,19-21,23-24,27H,12-18H2,1-5H3/b11-10+/t23-,24+,27-/m0/s1. The molecule has 3 atom stereocenters. The van der Waals surface area contributed by atoms with Crippen LogP contribution >= 0.6 is 11.3 Å². The highest BCUT2D eigenvalue weighted by Gasteiger charge is 2.53. The van der Waals surface area contributed by atoms with E-state index in [1.807, 2.05) is 43.0 Å². The van der Waals surface area contributed by atoms with E-state index in [1.54, 1.807) is 11.0 Å². The molecule has 9 nitrogen and oxygen atoms in total. The van der Waals surface area contributed by atoms with Crippen molar-refractivity contribution in [3.8, 4) is 0 Å². The lowest BCUT2D eigenvalue weighted by atomic mass is 9.93. The molecule has 10 heteroatoms. The van der Waals surface area contributed by atoms with Crippen LogP contribution in [0.1, 0.15) is 58.4 Å². The Morgan fingerprint density at radius 2 is 1.77 bits per heavy atom. The lowest BCUT2D eigenvalue weighted by molar-refractivity contribution is -0.275. The van der Waals surface area contributed by atoms with E-state index < -0.39 is 18.3 Å². The average Bonchev–Trinajstić information content (AvgIpc) is 3.33. The van der Waals surface area contributed by atoms with Crippen molar-refractivity contribution in [1.82, 2.24) is 24.7 Å². The first-order chi connectivity index (χ1) is 19.1. The first-order valence-corrected chi connectivity index (χ1v) is 15.3. The molecule has 3 aliphatic rings. The fourth-order valence-electron chi connectivity index (χ4n) is 6.02. The second-order valence-electron chi connectivity index (χ2n) is 12.1. The van der Waals surface area contributed by atoms with Gasteiger partial charge in [-0.05, 0) is 75.9 Å². The fraction of sp³-hybridized carbons (Fsp3) is 0.600. The number of rotatable bonds is 7. The molecule has 0 saturated carbocycles. The maximum Gasteiger partial charge on any atom is 0.272 e. The summed E-state index contributed by atoms with van der Waals surface area (Å²) in [6.07, 6.45) is 4.46. The van der Waals surface area contributed by atoms with Gasteiger partial charge in [0.25, 0.3) is 11.8 Å². The molecule has 0 unspecified atom stereocenters. The quantitative estimate of drug-likeness (QED) is 0.470. The van der Waals surface area contributed by atoms with Gasteiger partial charge in [0.2, 0.25) is 5.91 Å². The number of likely N-dealkylation sites (tertiary alicyclic amines) is 1. The van der Waals surface area contributed by atoms with Crippen LogP contribution in [0.2, 0.25) is 0 Å². The molecule has 5 rings (SSSR count). The van der Waals surface area contributed by atoms with Crippen LogP contribution in [0.15, 0.2) is 30.3 Å². The largest absolute Gasteiger partial charge is 0.334 e. The minimum absolute atomic E-state index is 0.00420. The van der Waals surface area contributed by atoms with Crippen molar-refractivity contribution in [1.29, 1.82) is 0 Å². The highest BCUT2D eigenvalue weighted by Crippen LogP contribution is 2.34. The summed E-state index contributed by atoms with van der Waals surface area (Å²) in [5.41, 5.74) is 0.888. The molecule has 3 amide bonds. The van der Waals surface area contributed by atoms with E-state index in [1.165, 1.54) is 22.5 Å².